The zero-order chi connectivity index (χ0) is 23.1. The first-order chi connectivity index (χ1) is 15.2. The maximum absolute atomic E-state index is 12.5. The van der Waals surface area contributed by atoms with Gasteiger partial charge in [0.25, 0.3) is 5.91 Å². The maximum Gasteiger partial charge on any atom is 0.255 e. The molecule has 0 aliphatic carbocycles. The molecule has 0 aromatic heterocycles. The summed E-state index contributed by atoms with van der Waals surface area (Å²) in [5, 5.41) is 8.76. The van der Waals surface area contributed by atoms with E-state index in [1.54, 1.807) is 24.3 Å². The van der Waals surface area contributed by atoms with Gasteiger partial charge in [-0.05, 0) is 65.2 Å². The monoisotopic (exact) mass is 445 g/mol. The Morgan fingerprint density at radius 3 is 1.91 bits per heavy atom. The van der Waals surface area contributed by atoms with Gasteiger partial charge in [0.2, 0.25) is 5.91 Å². The van der Waals surface area contributed by atoms with Crippen LogP contribution < -0.4 is 16.0 Å². The zero-order valence-electron chi connectivity index (χ0n) is 18.4. The van der Waals surface area contributed by atoms with Crippen molar-refractivity contribution in [2.45, 2.75) is 32.6 Å². The number of carbonyl (C=O) groups is 2. The van der Waals surface area contributed by atoms with Crippen LogP contribution in [0.15, 0.2) is 78.9 Å². The van der Waals surface area contributed by atoms with Crippen LogP contribution in [-0.2, 0) is 16.6 Å². The van der Waals surface area contributed by atoms with E-state index in [1.165, 1.54) is 5.56 Å². The standard InChI is InChI=1S/C26H27N3O2S/c1-26(2,3)20-11-9-19(10-12-20)24(31)27-21-13-15-22(16-14-21)28-25(32)29-23(30)17-18-7-5-4-6-8-18/h4-16H,17H2,1-3H3,(H,27,31)(H2,28,29,30,32). The lowest BCUT2D eigenvalue weighted by molar-refractivity contribution is -0.119. The Bertz CT molecular complexity index is 1090. The number of nitrogens with one attached hydrogen (secondary N) is 3. The van der Waals surface area contributed by atoms with Crippen molar-refractivity contribution >= 4 is 40.5 Å². The fraction of sp³-hybridized carbons (Fsp3) is 0.192. The molecule has 2 amide bonds. The van der Waals surface area contributed by atoms with Crippen molar-refractivity contribution < 1.29 is 9.59 Å². The van der Waals surface area contributed by atoms with E-state index in [-0.39, 0.29) is 28.8 Å². The first kappa shape index (κ1) is 23.2. The zero-order valence-corrected chi connectivity index (χ0v) is 19.3. The molecule has 0 saturated heterocycles. The van der Waals surface area contributed by atoms with E-state index in [0.29, 0.717) is 16.9 Å². The van der Waals surface area contributed by atoms with E-state index in [2.05, 4.69) is 36.7 Å². The molecule has 32 heavy (non-hydrogen) atoms. The van der Waals surface area contributed by atoms with Gasteiger partial charge in [-0.15, -0.1) is 0 Å². The second-order valence-corrected chi connectivity index (χ2v) is 8.93. The van der Waals surface area contributed by atoms with Crippen molar-refractivity contribution in [2.24, 2.45) is 0 Å². The highest BCUT2D eigenvalue weighted by Gasteiger charge is 2.14. The lowest BCUT2D eigenvalue weighted by Crippen LogP contribution is -2.35. The third kappa shape index (κ3) is 6.75. The summed E-state index contributed by atoms with van der Waals surface area (Å²) in [6.45, 7) is 6.41. The molecule has 0 bridgehead atoms. The average Bonchev–Trinajstić information content (AvgIpc) is 2.75. The number of hydrogen-bond acceptors (Lipinski definition) is 3. The quantitative estimate of drug-likeness (QED) is 0.467. The third-order valence-electron chi connectivity index (χ3n) is 4.87. The highest BCUT2D eigenvalue weighted by molar-refractivity contribution is 7.80. The molecule has 5 nitrogen and oxygen atoms in total. The molecule has 3 aromatic rings. The highest BCUT2D eigenvalue weighted by Crippen LogP contribution is 2.22. The summed E-state index contributed by atoms with van der Waals surface area (Å²) in [4.78, 5) is 24.6. The van der Waals surface area contributed by atoms with E-state index < -0.39 is 0 Å². The van der Waals surface area contributed by atoms with Crippen LogP contribution in [0.2, 0.25) is 0 Å². The number of rotatable bonds is 5. The molecule has 3 rings (SSSR count). The second kappa shape index (κ2) is 10.2. The minimum Gasteiger partial charge on any atom is -0.332 e. The van der Waals surface area contributed by atoms with Gasteiger partial charge in [-0.2, -0.15) is 0 Å². The van der Waals surface area contributed by atoms with Crippen LogP contribution in [0, 0.1) is 0 Å². The molecule has 3 aromatic carbocycles. The molecule has 0 atom stereocenters. The fourth-order valence-electron chi connectivity index (χ4n) is 3.08. The van der Waals surface area contributed by atoms with Gasteiger partial charge in [0.1, 0.15) is 0 Å². The van der Waals surface area contributed by atoms with Crippen LogP contribution in [-0.4, -0.2) is 16.9 Å². The van der Waals surface area contributed by atoms with Crippen molar-refractivity contribution in [3.05, 3.63) is 95.6 Å². The molecule has 0 saturated carbocycles. The van der Waals surface area contributed by atoms with Crippen LogP contribution in [0.3, 0.4) is 0 Å². The number of anilines is 2. The van der Waals surface area contributed by atoms with E-state index in [1.807, 2.05) is 54.6 Å². The van der Waals surface area contributed by atoms with Crippen LogP contribution in [0.1, 0.15) is 42.3 Å². The van der Waals surface area contributed by atoms with Crippen LogP contribution in [0.25, 0.3) is 0 Å². The van der Waals surface area contributed by atoms with Gasteiger partial charge in [-0.25, -0.2) is 0 Å². The molecule has 0 aliphatic rings. The van der Waals surface area contributed by atoms with Crippen molar-refractivity contribution in [1.29, 1.82) is 0 Å². The summed E-state index contributed by atoms with van der Waals surface area (Å²) in [5.74, 6) is -0.357. The van der Waals surface area contributed by atoms with Gasteiger partial charge in [-0.3, -0.25) is 9.59 Å². The average molecular weight is 446 g/mol. The minimum absolute atomic E-state index is 0.0411. The SMILES string of the molecule is CC(C)(C)c1ccc(C(=O)Nc2ccc(NC(=S)NC(=O)Cc3ccccc3)cc2)cc1. The van der Waals surface area contributed by atoms with Crippen molar-refractivity contribution in [3.63, 3.8) is 0 Å². The Labute approximate surface area is 194 Å². The molecule has 164 valence electrons. The van der Waals surface area contributed by atoms with E-state index >= 15 is 0 Å². The summed E-state index contributed by atoms with van der Waals surface area (Å²) in [5.41, 5.74) is 4.11. The van der Waals surface area contributed by atoms with Gasteiger partial charge in [0, 0.05) is 16.9 Å². The smallest absolute Gasteiger partial charge is 0.255 e. The Morgan fingerprint density at radius 1 is 0.781 bits per heavy atom. The molecular weight excluding hydrogens is 418 g/mol. The predicted octanol–water partition coefficient (Wildman–Crippen LogP) is 5.29. The summed E-state index contributed by atoms with van der Waals surface area (Å²) >= 11 is 5.22. The molecule has 0 radical (unpaired) electrons. The molecule has 0 aliphatic heterocycles. The van der Waals surface area contributed by atoms with Gasteiger partial charge in [0.15, 0.2) is 5.11 Å². The van der Waals surface area contributed by atoms with Crippen LogP contribution >= 0.6 is 12.2 Å². The van der Waals surface area contributed by atoms with E-state index in [4.69, 9.17) is 12.2 Å². The summed E-state index contributed by atoms with van der Waals surface area (Å²) in [7, 11) is 0. The first-order valence-corrected chi connectivity index (χ1v) is 10.8. The Kier molecular flexibility index (Phi) is 7.38. The number of amides is 2. The Hall–Kier alpha value is -3.51. The Morgan fingerprint density at radius 2 is 1.34 bits per heavy atom. The van der Waals surface area contributed by atoms with Crippen molar-refractivity contribution in [2.75, 3.05) is 10.6 Å². The van der Waals surface area contributed by atoms with Crippen molar-refractivity contribution in [1.82, 2.24) is 5.32 Å². The summed E-state index contributed by atoms with van der Waals surface area (Å²) in [6.07, 6.45) is 0.254. The fourth-order valence-corrected chi connectivity index (χ4v) is 3.31. The number of thiocarbonyl (C=S) groups is 1. The molecule has 0 spiro atoms. The molecule has 0 unspecified atom stereocenters. The molecular formula is C26H27N3O2S. The van der Waals surface area contributed by atoms with Crippen LogP contribution in [0.5, 0.6) is 0 Å². The normalized spacial score (nSPS) is 10.8. The van der Waals surface area contributed by atoms with Gasteiger partial charge >= 0.3 is 0 Å². The molecule has 3 N–H and O–H groups in total. The van der Waals surface area contributed by atoms with E-state index in [9.17, 15) is 9.59 Å². The lowest BCUT2D eigenvalue weighted by Gasteiger charge is -2.19. The highest BCUT2D eigenvalue weighted by atomic mass is 32.1. The molecule has 0 fully saturated rings. The van der Waals surface area contributed by atoms with Gasteiger partial charge in [-0.1, -0.05) is 63.2 Å². The number of hydrogen-bond donors (Lipinski definition) is 3. The van der Waals surface area contributed by atoms with Crippen LogP contribution in [0.4, 0.5) is 11.4 Å². The molecule has 0 heterocycles. The number of benzene rings is 3. The lowest BCUT2D eigenvalue weighted by atomic mass is 9.87. The second-order valence-electron chi connectivity index (χ2n) is 8.52. The van der Waals surface area contributed by atoms with Gasteiger partial charge < -0.3 is 16.0 Å². The predicted molar refractivity (Wildman–Crippen MR) is 134 cm³/mol. The topological polar surface area (TPSA) is 70.2 Å². The van der Waals surface area contributed by atoms with E-state index in [0.717, 1.165) is 5.56 Å². The minimum atomic E-state index is -0.185. The summed E-state index contributed by atoms with van der Waals surface area (Å²) in [6, 6.07) is 24.2. The number of carbonyl (C=O) groups excluding carboxylic acids is 2. The maximum atomic E-state index is 12.5. The van der Waals surface area contributed by atoms with Crippen molar-refractivity contribution in [3.8, 4) is 0 Å². The largest absolute Gasteiger partial charge is 0.332 e. The van der Waals surface area contributed by atoms with Gasteiger partial charge in [0.05, 0.1) is 6.42 Å². The third-order valence-corrected chi connectivity index (χ3v) is 5.08. The summed E-state index contributed by atoms with van der Waals surface area (Å²) < 4.78 is 0. The molecule has 6 heteroatoms. The first-order valence-electron chi connectivity index (χ1n) is 10.4. The Balaban J connectivity index is 1.51.